The van der Waals surface area contributed by atoms with Crippen LogP contribution in [-0.2, 0) is 0 Å². The van der Waals surface area contributed by atoms with Crippen LogP contribution in [0, 0.1) is 5.92 Å². The van der Waals surface area contributed by atoms with Crippen LogP contribution in [0.3, 0.4) is 0 Å². The monoisotopic (exact) mass is 219 g/mol. The number of carbonyl (C=O) groups excluding carboxylic acids is 1. The number of aromatic nitrogens is 1. The number of hydrogen-bond donors (Lipinski definition) is 0. The maximum atomic E-state index is 12.0. The van der Waals surface area contributed by atoms with Gasteiger partial charge in [0.05, 0.1) is 7.11 Å². The van der Waals surface area contributed by atoms with Crippen LogP contribution >= 0.6 is 0 Å². The van der Waals surface area contributed by atoms with Gasteiger partial charge >= 0.3 is 0 Å². The summed E-state index contributed by atoms with van der Waals surface area (Å²) in [6.45, 7) is 0. The number of ether oxygens (including phenoxy) is 1. The van der Waals surface area contributed by atoms with Crippen molar-refractivity contribution in [2.75, 3.05) is 7.11 Å². The van der Waals surface area contributed by atoms with Crippen LogP contribution < -0.4 is 4.74 Å². The van der Waals surface area contributed by atoms with Crippen LogP contribution in [-0.4, -0.2) is 17.9 Å². The highest BCUT2D eigenvalue weighted by Crippen LogP contribution is 2.29. The van der Waals surface area contributed by atoms with Gasteiger partial charge in [0.15, 0.2) is 5.78 Å². The Morgan fingerprint density at radius 1 is 1.50 bits per heavy atom. The Balaban J connectivity index is 2.07. The second-order valence-corrected chi connectivity index (χ2v) is 4.33. The molecule has 86 valence electrons. The molecule has 0 radical (unpaired) electrons. The van der Waals surface area contributed by atoms with E-state index in [9.17, 15) is 4.79 Å². The zero-order chi connectivity index (χ0) is 11.4. The second kappa shape index (κ2) is 5.10. The van der Waals surface area contributed by atoms with Crippen molar-refractivity contribution < 1.29 is 9.53 Å². The number of pyridine rings is 1. The molecule has 1 fully saturated rings. The first-order valence-corrected chi connectivity index (χ1v) is 5.83. The van der Waals surface area contributed by atoms with E-state index in [1.165, 1.54) is 25.7 Å². The molecule has 16 heavy (non-hydrogen) atoms. The van der Waals surface area contributed by atoms with Crippen molar-refractivity contribution in [1.82, 2.24) is 4.98 Å². The molecule has 1 aliphatic carbocycles. The molecule has 0 amide bonds. The Bertz CT molecular complexity index is 370. The van der Waals surface area contributed by atoms with Gasteiger partial charge in [0.2, 0.25) is 0 Å². The average molecular weight is 219 g/mol. The third-order valence-corrected chi connectivity index (χ3v) is 3.20. The fourth-order valence-electron chi connectivity index (χ4n) is 2.34. The fourth-order valence-corrected chi connectivity index (χ4v) is 2.34. The number of ketones is 1. The van der Waals surface area contributed by atoms with Gasteiger partial charge in [-0.05, 0) is 18.1 Å². The molecule has 2 rings (SSSR count). The molecule has 0 atom stereocenters. The van der Waals surface area contributed by atoms with Crippen molar-refractivity contribution in [1.29, 1.82) is 0 Å². The third-order valence-electron chi connectivity index (χ3n) is 3.20. The Morgan fingerprint density at radius 3 is 2.94 bits per heavy atom. The quantitative estimate of drug-likeness (QED) is 0.731. The third kappa shape index (κ3) is 2.40. The fraction of sp³-hybridized carbons (Fsp3) is 0.538. The van der Waals surface area contributed by atoms with Gasteiger partial charge in [-0.15, -0.1) is 0 Å². The summed E-state index contributed by atoms with van der Waals surface area (Å²) in [5, 5.41) is 0. The molecule has 0 N–H and O–H groups in total. The molecule has 3 nitrogen and oxygen atoms in total. The Labute approximate surface area is 95.8 Å². The highest BCUT2D eigenvalue weighted by atomic mass is 16.5. The molecule has 1 aromatic rings. The minimum absolute atomic E-state index is 0.115. The zero-order valence-electron chi connectivity index (χ0n) is 9.61. The molecule has 3 heteroatoms. The first-order valence-electron chi connectivity index (χ1n) is 5.83. The Hall–Kier alpha value is -1.38. The van der Waals surface area contributed by atoms with Gasteiger partial charge in [-0.2, -0.15) is 0 Å². The lowest BCUT2D eigenvalue weighted by atomic mass is 9.99. The Kier molecular flexibility index (Phi) is 3.54. The van der Waals surface area contributed by atoms with Gasteiger partial charge in [0.1, 0.15) is 11.4 Å². The topological polar surface area (TPSA) is 39.2 Å². The minimum Gasteiger partial charge on any atom is -0.494 e. The maximum absolute atomic E-state index is 12.0. The molecule has 0 aliphatic heterocycles. The largest absolute Gasteiger partial charge is 0.494 e. The number of methoxy groups -OCH3 is 1. The predicted octanol–water partition coefficient (Wildman–Crippen LogP) is 2.85. The number of carbonyl (C=O) groups is 1. The molecule has 0 spiro atoms. The Morgan fingerprint density at radius 2 is 2.25 bits per heavy atom. The standard InChI is InChI=1S/C13H17NO2/c1-16-12-7-4-8-14-13(12)11(15)9-10-5-2-3-6-10/h4,7-8,10H,2-3,5-6,9H2,1H3. The first kappa shape index (κ1) is 11.1. The number of rotatable bonds is 4. The summed E-state index contributed by atoms with van der Waals surface area (Å²) in [5.74, 6) is 1.26. The summed E-state index contributed by atoms with van der Waals surface area (Å²) in [4.78, 5) is 16.2. The van der Waals surface area contributed by atoms with Gasteiger partial charge in [0, 0.05) is 12.6 Å². The normalized spacial score (nSPS) is 16.3. The summed E-state index contributed by atoms with van der Waals surface area (Å²) in [7, 11) is 1.57. The molecule has 1 aliphatic rings. The summed E-state index contributed by atoms with van der Waals surface area (Å²) >= 11 is 0. The van der Waals surface area contributed by atoms with Gasteiger partial charge in [-0.1, -0.05) is 25.7 Å². The van der Waals surface area contributed by atoms with Gasteiger partial charge in [-0.3, -0.25) is 4.79 Å². The van der Waals surface area contributed by atoms with Crippen molar-refractivity contribution in [3.05, 3.63) is 24.0 Å². The van der Waals surface area contributed by atoms with E-state index < -0.39 is 0 Å². The average Bonchev–Trinajstić information content (AvgIpc) is 2.81. The first-order chi connectivity index (χ1) is 7.81. The lowest BCUT2D eigenvalue weighted by Gasteiger charge is -2.09. The highest BCUT2D eigenvalue weighted by molar-refractivity contribution is 5.96. The molecule has 0 bridgehead atoms. The van der Waals surface area contributed by atoms with E-state index in [1.807, 2.05) is 0 Å². The molecule has 1 heterocycles. The SMILES string of the molecule is COc1cccnc1C(=O)CC1CCCC1. The van der Waals surface area contributed by atoms with Gasteiger partial charge < -0.3 is 4.74 Å². The molecular weight excluding hydrogens is 202 g/mol. The molecular formula is C13H17NO2. The summed E-state index contributed by atoms with van der Waals surface area (Å²) in [6.07, 6.45) is 7.15. The van der Waals surface area contributed by atoms with E-state index in [-0.39, 0.29) is 5.78 Å². The lowest BCUT2D eigenvalue weighted by molar-refractivity contribution is 0.0954. The molecule has 1 saturated carbocycles. The van der Waals surface area contributed by atoms with Crippen LogP contribution in [0.4, 0.5) is 0 Å². The number of nitrogens with zero attached hydrogens (tertiary/aromatic N) is 1. The second-order valence-electron chi connectivity index (χ2n) is 4.33. The smallest absolute Gasteiger partial charge is 0.185 e. The summed E-state index contributed by atoms with van der Waals surface area (Å²) in [6, 6.07) is 3.57. The summed E-state index contributed by atoms with van der Waals surface area (Å²) < 4.78 is 5.15. The molecule has 0 unspecified atom stereocenters. The number of hydrogen-bond acceptors (Lipinski definition) is 3. The van der Waals surface area contributed by atoms with Crippen molar-refractivity contribution in [2.24, 2.45) is 5.92 Å². The van der Waals surface area contributed by atoms with Crippen LogP contribution in [0.2, 0.25) is 0 Å². The van der Waals surface area contributed by atoms with Crippen molar-refractivity contribution >= 4 is 5.78 Å². The van der Waals surface area contributed by atoms with Gasteiger partial charge in [0.25, 0.3) is 0 Å². The van der Waals surface area contributed by atoms with Crippen LogP contribution in [0.1, 0.15) is 42.6 Å². The van der Waals surface area contributed by atoms with E-state index in [1.54, 1.807) is 25.4 Å². The van der Waals surface area contributed by atoms with E-state index in [4.69, 9.17) is 4.74 Å². The molecule has 0 aromatic carbocycles. The minimum atomic E-state index is 0.115. The van der Waals surface area contributed by atoms with E-state index >= 15 is 0 Å². The van der Waals surface area contributed by atoms with E-state index in [0.717, 1.165) is 0 Å². The zero-order valence-corrected chi connectivity index (χ0v) is 9.61. The lowest BCUT2D eigenvalue weighted by Crippen LogP contribution is -2.09. The molecule has 1 aromatic heterocycles. The van der Waals surface area contributed by atoms with Crippen LogP contribution in [0.5, 0.6) is 5.75 Å². The van der Waals surface area contributed by atoms with Crippen LogP contribution in [0.15, 0.2) is 18.3 Å². The van der Waals surface area contributed by atoms with Crippen molar-refractivity contribution in [3.8, 4) is 5.75 Å². The van der Waals surface area contributed by atoms with E-state index in [2.05, 4.69) is 4.98 Å². The van der Waals surface area contributed by atoms with Crippen molar-refractivity contribution in [2.45, 2.75) is 32.1 Å². The summed E-state index contributed by atoms with van der Waals surface area (Å²) in [5.41, 5.74) is 0.483. The van der Waals surface area contributed by atoms with E-state index in [0.29, 0.717) is 23.8 Å². The van der Waals surface area contributed by atoms with Crippen molar-refractivity contribution in [3.63, 3.8) is 0 Å². The maximum Gasteiger partial charge on any atom is 0.185 e. The van der Waals surface area contributed by atoms with Crippen LogP contribution in [0.25, 0.3) is 0 Å². The van der Waals surface area contributed by atoms with Gasteiger partial charge in [-0.25, -0.2) is 4.98 Å². The number of Topliss-reactive ketones (excluding diaryl/α,β-unsaturated/α-hetero) is 1. The predicted molar refractivity (Wildman–Crippen MR) is 61.7 cm³/mol. The highest BCUT2D eigenvalue weighted by Gasteiger charge is 2.21. The molecule has 0 saturated heterocycles.